The first-order valence-corrected chi connectivity index (χ1v) is 1.32. The Bertz CT molecular complexity index is 33.2. The van der Waals surface area contributed by atoms with Crippen molar-refractivity contribution >= 4 is 29.0 Å². The topological polar surface area (TPSA) is 63.2 Å². The first kappa shape index (κ1) is 15.7. The Morgan fingerprint density at radius 2 is 1.43 bits per heavy atom. The first-order valence-electron chi connectivity index (χ1n) is 1.32. The molecule has 0 N–H and O–H groups in total. The van der Waals surface area contributed by atoms with Gasteiger partial charge in [0.2, 0.25) is 0 Å². The van der Waals surface area contributed by atoms with E-state index in [-0.39, 0.29) is 23.1 Å². The summed E-state index contributed by atoms with van der Waals surface area (Å²) in [6, 6.07) is 0. The summed E-state index contributed by atoms with van der Waals surface area (Å²) in [6.45, 7) is 0.972. The molecule has 0 atom stereocenters. The van der Waals surface area contributed by atoms with Crippen LogP contribution in [0, 0.1) is 0 Å². The summed E-state index contributed by atoms with van der Waals surface area (Å²) in [5, 5.41) is 17.1. The molecular formula is C3H6MgO3. The fraction of sp³-hybridized carbons (Fsp3) is 0.667. The fourth-order valence-corrected chi connectivity index (χ4v) is 0. The summed E-state index contributed by atoms with van der Waals surface area (Å²) in [7, 11) is 0.750. The number of aliphatic carboxylic acids is 1. The van der Waals surface area contributed by atoms with Gasteiger partial charge in [0.15, 0.2) is 0 Å². The van der Waals surface area contributed by atoms with Crippen LogP contribution in [-0.4, -0.2) is 36.1 Å². The number of hydrogen-bond donors (Lipinski definition) is 0. The molecule has 38 valence electrons. The Hall–Kier alpha value is 0.196. The molecule has 3 nitrogen and oxygen atoms in total. The molecule has 0 fully saturated rings. The molecule has 0 aromatic carbocycles. The van der Waals surface area contributed by atoms with Crippen LogP contribution in [0.25, 0.3) is 0 Å². The zero-order valence-electron chi connectivity index (χ0n) is 4.43. The second kappa shape index (κ2) is 16.4. The predicted molar refractivity (Wildman–Crippen MR) is 22.4 cm³/mol. The maximum absolute atomic E-state index is 8.89. The van der Waals surface area contributed by atoms with Gasteiger partial charge in [0.1, 0.15) is 0 Å². The number of carbonyl (C=O) groups excluding carboxylic acids is 1. The van der Waals surface area contributed by atoms with Crippen molar-refractivity contribution in [2.45, 2.75) is 6.92 Å². The molecule has 0 aromatic heterocycles. The molecule has 0 heterocycles. The SMILES string of the molecule is CC(=O)[O-].C[O-].[Mg+2]. The van der Waals surface area contributed by atoms with Gasteiger partial charge in [-0.3, -0.25) is 0 Å². The second-order valence-corrected chi connectivity index (χ2v) is 0.492. The van der Waals surface area contributed by atoms with Crippen molar-refractivity contribution in [2.75, 3.05) is 7.11 Å². The molecule has 0 unspecified atom stereocenters. The molecule has 0 aliphatic heterocycles. The molecule has 0 aliphatic rings. The van der Waals surface area contributed by atoms with E-state index in [0.29, 0.717) is 0 Å². The first-order chi connectivity index (χ1) is 2.73. The maximum atomic E-state index is 8.89. The average Bonchev–Trinajstić information content (AvgIpc) is 1.41. The third-order valence-electron chi connectivity index (χ3n) is 0. The predicted octanol–water partition coefficient (Wildman–Crippen LogP) is -2.65. The van der Waals surface area contributed by atoms with Crippen LogP contribution >= 0.6 is 0 Å². The molecule has 0 aliphatic carbocycles. The smallest absolute Gasteiger partial charge is 0.857 e. The van der Waals surface area contributed by atoms with Crippen molar-refractivity contribution in [2.24, 2.45) is 0 Å². The molecule has 0 aromatic rings. The van der Waals surface area contributed by atoms with Gasteiger partial charge in [-0.2, -0.15) is 7.11 Å². The minimum atomic E-state index is -1.08. The fourth-order valence-electron chi connectivity index (χ4n) is 0. The zero-order valence-corrected chi connectivity index (χ0v) is 5.85. The molecule has 0 amide bonds. The zero-order chi connectivity index (χ0) is 5.58. The normalized spacial score (nSPS) is 4.43. The van der Waals surface area contributed by atoms with Crippen LogP contribution in [-0.2, 0) is 4.79 Å². The van der Waals surface area contributed by atoms with Crippen molar-refractivity contribution in [3.8, 4) is 0 Å². The summed E-state index contributed by atoms with van der Waals surface area (Å²) in [4.78, 5) is 8.89. The largest absolute Gasteiger partial charge is 2.00 e. The third-order valence-corrected chi connectivity index (χ3v) is 0. The van der Waals surface area contributed by atoms with E-state index in [4.69, 9.17) is 15.0 Å². The maximum Gasteiger partial charge on any atom is 2.00 e. The molecular weight excluding hydrogens is 108 g/mol. The number of hydrogen-bond acceptors (Lipinski definition) is 3. The quantitative estimate of drug-likeness (QED) is 0.323. The van der Waals surface area contributed by atoms with Crippen molar-refractivity contribution in [1.82, 2.24) is 0 Å². The minimum Gasteiger partial charge on any atom is -0.857 e. The number of rotatable bonds is 0. The monoisotopic (exact) mass is 114 g/mol. The van der Waals surface area contributed by atoms with Crippen LogP contribution in [0.1, 0.15) is 6.92 Å². The van der Waals surface area contributed by atoms with Gasteiger partial charge >= 0.3 is 23.1 Å². The third kappa shape index (κ3) is 2830. The van der Waals surface area contributed by atoms with Crippen LogP contribution in [0.2, 0.25) is 0 Å². The Labute approximate surface area is 58.5 Å². The molecule has 4 heteroatoms. The molecule has 0 radical (unpaired) electrons. The van der Waals surface area contributed by atoms with E-state index >= 15 is 0 Å². The van der Waals surface area contributed by atoms with Crippen LogP contribution in [0.4, 0.5) is 0 Å². The van der Waals surface area contributed by atoms with Gasteiger partial charge in [-0.15, -0.1) is 0 Å². The van der Waals surface area contributed by atoms with E-state index in [2.05, 4.69) is 0 Å². The van der Waals surface area contributed by atoms with Gasteiger partial charge in [-0.1, -0.05) is 0 Å². The molecule has 0 bridgehead atoms. The molecule has 7 heavy (non-hydrogen) atoms. The van der Waals surface area contributed by atoms with E-state index in [0.717, 1.165) is 14.0 Å². The van der Waals surface area contributed by atoms with Crippen molar-refractivity contribution in [1.29, 1.82) is 0 Å². The van der Waals surface area contributed by atoms with Crippen LogP contribution in [0.3, 0.4) is 0 Å². The van der Waals surface area contributed by atoms with Gasteiger partial charge in [0.25, 0.3) is 0 Å². The number of carboxylic acid groups (broad SMARTS) is 1. The van der Waals surface area contributed by atoms with Gasteiger partial charge in [0, 0.05) is 5.97 Å². The second-order valence-electron chi connectivity index (χ2n) is 0.492. The Morgan fingerprint density at radius 3 is 1.43 bits per heavy atom. The van der Waals surface area contributed by atoms with E-state index in [9.17, 15) is 0 Å². The molecule has 0 rings (SSSR count). The van der Waals surface area contributed by atoms with Crippen LogP contribution in [0.5, 0.6) is 0 Å². The Balaban J connectivity index is -0.0000000480. The van der Waals surface area contributed by atoms with E-state index in [1.165, 1.54) is 0 Å². The number of carboxylic acids is 1. The van der Waals surface area contributed by atoms with Crippen molar-refractivity contribution < 1.29 is 15.0 Å². The van der Waals surface area contributed by atoms with Gasteiger partial charge in [-0.05, 0) is 6.92 Å². The average molecular weight is 114 g/mol. The molecule has 0 spiro atoms. The van der Waals surface area contributed by atoms with E-state index in [1.807, 2.05) is 0 Å². The summed E-state index contributed by atoms with van der Waals surface area (Å²) in [6.07, 6.45) is 0. The van der Waals surface area contributed by atoms with Crippen molar-refractivity contribution in [3.63, 3.8) is 0 Å². The summed E-state index contributed by atoms with van der Waals surface area (Å²) in [5.74, 6) is -1.08. The van der Waals surface area contributed by atoms with Gasteiger partial charge < -0.3 is 15.0 Å². The van der Waals surface area contributed by atoms with Crippen LogP contribution in [0.15, 0.2) is 0 Å². The number of carbonyl (C=O) groups is 1. The molecule has 0 saturated carbocycles. The summed E-state index contributed by atoms with van der Waals surface area (Å²) in [5.41, 5.74) is 0. The van der Waals surface area contributed by atoms with Gasteiger partial charge in [-0.25, -0.2) is 0 Å². The standard InChI is InChI=1S/C2H4O2.CH3O.Mg/c1-2(3)4;1-2;/h1H3,(H,3,4);1H3;/q;-1;+2/p-1. The minimum absolute atomic E-state index is 0. The van der Waals surface area contributed by atoms with Crippen molar-refractivity contribution in [3.05, 3.63) is 0 Å². The van der Waals surface area contributed by atoms with E-state index in [1.54, 1.807) is 0 Å². The Kier molecular flexibility index (Phi) is 36.7. The van der Waals surface area contributed by atoms with Gasteiger partial charge in [0.05, 0.1) is 0 Å². The molecule has 0 saturated heterocycles. The summed E-state index contributed by atoms with van der Waals surface area (Å²) >= 11 is 0. The van der Waals surface area contributed by atoms with E-state index < -0.39 is 5.97 Å². The summed E-state index contributed by atoms with van der Waals surface area (Å²) < 4.78 is 0. The van der Waals surface area contributed by atoms with Crippen LogP contribution < -0.4 is 10.2 Å². The Morgan fingerprint density at radius 1 is 1.43 bits per heavy atom.